The van der Waals surface area contributed by atoms with Crippen molar-refractivity contribution in [2.75, 3.05) is 25.8 Å². The third kappa shape index (κ3) is 4.91. The van der Waals surface area contributed by atoms with Crippen LogP contribution in [0, 0.1) is 0 Å². The fourth-order valence-corrected chi connectivity index (χ4v) is 2.77. The molecule has 0 unspecified atom stereocenters. The van der Waals surface area contributed by atoms with Gasteiger partial charge in [0.05, 0.1) is 7.11 Å². The summed E-state index contributed by atoms with van der Waals surface area (Å²) in [5, 5.41) is 2.82. The maximum atomic E-state index is 12.2. The largest absolute Gasteiger partial charge is 0.497 e. The van der Waals surface area contributed by atoms with Crippen molar-refractivity contribution >= 4 is 17.5 Å². The molecule has 0 aromatic heterocycles. The first-order valence-electron chi connectivity index (χ1n) is 8.63. The molecule has 3 rings (SSSR count). The second-order valence-electron chi connectivity index (χ2n) is 6.16. The molecular formula is C20H22N2O5. The summed E-state index contributed by atoms with van der Waals surface area (Å²) < 4.78 is 15.8. The van der Waals surface area contributed by atoms with E-state index in [0.717, 1.165) is 5.56 Å². The number of fused-ring (bicyclic) bond motifs is 1. The maximum Gasteiger partial charge on any atom is 0.231 e. The van der Waals surface area contributed by atoms with Gasteiger partial charge in [0.2, 0.25) is 18.6 Å². The number of ether oxygens (including phenoxy) is 3. The molecule has 27 heavy (non-hydrogen) atoms. The number of hydrogen-bond donors (Lipinski definition) is 1. The Morgan fingerprint density at radius 2 is 1.96 bits per heavy atom. The first-order chi connectivity index (χ1) is 13.0. The van der Waals surface area contributed by atoms with Gasteiger partial charge in [-0.1, -0.05) is 12.1 Å². The summed E-state index contributed by atoms with van der Waals surface area (Å²) in [7, 11) is 1.57. The van der Waals surface area contributed by atoms with Crippen LogP contribution in [0.4, 0.5) is 5.69 Å². The molecule has 0 atom stereocenters. The molecule has 0 spiro atoms. The van der Waals surface area contributed by atoms with Gasteiger partial charge in [-0.05, 0) is 29.8 Å². The highest BCUT2D eigenvalue weighted by molar-refractivity contribution is 5.91. The Morgan fingerprint density at radius 3 is 2.74 bits per heavy atom. The van der Waals surface area contributed by atoms with Gasteiger partial charge in [0.1, 0.15) is 5.75 Å². The normalized spacial score (nSPS) is 11.8. The zero-order chi connectivity index (χ0) is 19.2. The molecule has 1 aliphatic heterocycles. The highest BCUT2D eigenvalue weighted by atomic mass is 16.7. The van der Waals surface area contributed by atoms with Gasteiger partial charge in [0, 0.05) is 38.2 Å². The topological polar surface area (TPSA) is 77.1 Å². The summed E-state index contributed by atoms with van der Waals surface area (Å²) >= 11 is 0. The predicted molar refractivity (Wildman–Crippen MR) is 99.9 cm³/mol. The lowest BCUT2D eigenvalue weighted by molar-refractivity contribution is -0.129. The summed E-state index contributed by atoms with van der Waals surface area (Å²) in [6, 6.07) is 12.7. The quantitative estimate of drug-likeness (QED) is 0.811. The fourth-order valence-electron chi connectivity index (χ4n) is 2.77. The van der Waals surface area contributed by atoms with Gasteiger partial charge in [-0.15, -0.1) is 0 Å². The predicted octanol–water partition coefficient (Wildman–Crippen LogP) is 2.80. The van der Waals surface area contributed by atoms with Crippen LogP contribution in [0.3, 0.4) is 0 Å². The van der Waals surface area contributed by atoms with Crippen molar-refractivity contribution in [2.24, 2.45) is 0 Å². The summed E-state index contributed by atoms with van der Waals surface area (Å²) in [4.78, 5) is 25.8. The molecule has 2 amide bonds. The molecule has 7 heteroatoms. The van der Waals surface area contributed by atoms with E-state index < -0.39 is 0 Å². The van der Waals surface area contributed by atoms with E-state index in [-0.39, 0.29) is 25.0 Å². The third-order valence-corrected chi connectivity index (χ3v) is 4.22. The molecule has 7 nitrogen and oxygen atoms in total. The van der Waals surface area contributed by atoms with Gasteiger partial charge in [0.15, 0.2) is 11.5 Å². The molecule has 1 heterocycles. The molecule has 0 fully saturated rings. The molecule has 2 aromatic carbocycles. The van der Waals surface area contributed by atoms with E-state index in [4.69, 9.17) is 14.2 Å². The van der Waals surface area contributed by atoms with E-state index in [0.29, 0.717) is 36.0 Å². The van der Waals surface area contributed by atoms with Crippen LogP contribution in [0.2, 0.25) is 0 Å². The van der Waals surface area contributed by atoms with Crippen molar-refractivity contribution in [2.45, 2.75) is 19.9 Å². The second-order valence-corrected chi connectivity index (χ2v) is 6.16. The van der Waals surface area contributed by atoms with Crippen molar-refractivity contribution in [3.8, 4) is 17.2 Å². The standard InChI is InChI=1S/C20H22N2O5/c1-14(23)22(12-15-6-7-18-19(10-15)27-13-26-18)9-8-20(24)21-16-4-3-5-17(11-16)25-2/h3-7,10-11H,8-9,12-13H2,1-2H3,(H,21,24). The number of hydrogen-bond acceptors (Lipinski definition) is 5. The Morgan fingerprint density at radius 1 is 1.15 bits per heavy atom. The molecule has 2 aromatic rings. The van der Waals surface area contributed by atoms with Gasteiger partial charge in [-0.2, -0.15) is 0 Å². The van der Waals surface area contributed by atoms with Crippen LogP contribution in [0.1, 0.15) is 18.9 Å². The van der Waals surface area contributed by atoms with Crippen molar-refractivity contribution in [3.63, 3.8) is 0 Å². The van der Waals surface area contributed by atoms with Crippen molar-refractivity contribution < 1.29 is 23.8 Å². The summed E-state index contributed by atoms with van der Waals surface area (Å²) in [6.07, 6.45) is 0.196. The van der Waals surface area contributed by atoms with Crippen molar-refractivity contribution in [3.05, 3.63) is 48.0 Å². The number of anilines is 1. The molecule has 0 bridgehead atoms. The van der Waals surface area contributed by atoms with Gasteiger partial charge in [-0.3, -0.25) is 9.59 Å². The molecule has 0 radical (unpaired) electrons. The van der Waals surface area contributed by atoms with Crippen LogP contribution in [-0.2, 0) is 16.1 Å². The number of rotatable bonds is 7. The lowest BCUT2D eigenvalue weighted by Crippen LogP contribution is -2.31. The van der Waals surface area contributed by atoms with Gasteiger partial charge in [0.25, 0.3) is 0 Å². The summed E-state index contributed by atoms with van der Waals surface area (Å²) in [6.45, 7) is 2.42. The van der Waals surface area contributed by atoms with Crippen LogP contribution in [0.5, 0.6) is 17.2 Å². The van der Waals surface area contributed by atoms with E-state index in [1.807, 2.05) is 18.2 Å². The highest BCUT2D eigenvalue weighted by Gasteiger charge is 2.16. The number of carbonyl (C=O) groups is 2. The zero-order valence-electron chi connectivity index (χ0n) is 15.4. The Labute approximate surface area is 157 Å². The molecule has 1 aliphatic rings. The zero-order valence-corrected chi connectivity index (χ0v) is 15.4. The lowest BCUT2D eigenvalue weighted by atomic mass is 10.2. The minimum absolute atomic E-state index is 0.0955. The van der Waals surface area contributed by atoms with E-state index in [2.05, 4.69) is 5.32 Å². The van der Waals surface area contributed by atoms with E-state index >= 15 is 0 Å². The van der Waals surface area contributed by atoms with Crippen molar-refractivity contribution in [1.29, 1.82) is 0 Å². The number of carbonyl (C=O) groups excluding carboxylic acids is 2. The summed E-state index contributed by atoms with van der Waals surface area (Å²) in [5.74, 6) is 1.78. The van der Waals surface area contributed by atoms with Crippen LogP contribution in [0.15, 0.2) is 42.5 Å². The molecule has 142 valence electrons. The number of nitrogens with zero attached hydrogens (tertiary/aromatic N) is 1. The molecule has 0 saturated carbocycles. The highest BCUT2D eigenvalue weighted by Crippen LogP contribution is 2.32. The molecule has 1 N–H and O–H groups in total. The second kappa shape index (κ2) is 8.44. The van der Waals surface area contributed by atoms with E-state index in [9.17, 15) is 9.59 Å². The first-order valence-corrected chi connectivity index (χ1v) is 8.63. The average Bonchev–Trinajstić information content (AvgIpc) is 3.12. The van der Waals surface area contributed by atoms with Crippen LogP contribution >= 0.6 is 0 Å². The van der Waals surface area contributed by atoms with Gasteiger partial charge < -0.3 is 24.4 Å². The Bertz CT molecular complexity index is 837. The van der Waals surface area contributed by atoms with E-state index in [1.165, 1.54) is 6.92 Å². The monoisotopic (exact) mass is 370 g/mol. The van der Waals surface area contributed by atoms with E-state index in [1.54, 1.807) is 36.3 Å². The summed E-state index contributed by atoms with van der Waals surface area (Å²) in [5.41, 5.74) is 1.58. The molecule has 0 saturated heterocycles. The Hall–Kier alpha value is -3.22. The smallest absolute Gasteiger partial charge is 0.231 e. The van der Waals surface area contributed by atoms with Crippen LogP contribution in [0.25, 0.3) is 0 Å². The van der Waals surface area contributed by atoms with Gasteiger partial charge in [-0.25, -0.2) is 0 Å². The number of methoxy groups -OCH3 is 1. The lowest BCUT2D eigenvalue weighted by Gasteiger charge is -2.21. The van der Waals surface area contributed by atoms with Crippen LogP contribution in [-0.4, -0.2) is 37.2 Å². The molecular weight excluding hydrogens is 348 g/mol. The fraction of sp³-hybridized carbons (Fsp3) is 0.300. The minimum Gasteiger partial charge on any atom is -0.497 e. The van der Waals surface area contributed by atoms with Gasteiger partial charge >= 0.3 is 0 Å². The first kappa shape index (κ1) is 18.6. The Kier molecular flexibility index (Phi) is 5.80. The Balaban J connectivity index is 1.56. The average molecular weight is 370 g/mol. The van der Waals surface area contributed by atoms with Crippen LogP contribution < -0.4 is 19.5 Å². The minimum atomic E-state index is -0.166. The third-order valence-electron chi connectivity index (χ3n) is 4.22. The molecule has 0 aliphatic carbocycles. The number of benzene rings is 2. The van der Waals surface area contributed by atoms with Crippen molar-refractivity contribution in [1.82, 2.24) is 4.90 Å². The SMILES string of the molecule is COc1cccc(NC(=O)CCN(Cc2ccc3c(c2)OCO3)C(C)=O)c1. The number of nitrogens with one attached hydrogen (secondary N) is 1. The number of amides is 2. The maximum absolute atomic E-state index is 12.2.